The molecule has 2 atom stereocenters. The summed E-state index contributed by atoms with van der Waals surface area (Å²) >= 11 is 9.55. The van der Waals surface area contributed by atoms with Crippen molar-refractivity contribution >= 4 is 34.9 Å². The minimum atomic E-state index is -1.03. The predicted molar refractivity (Wildman–Crippen MR) is 47.4 cm³/mol. The first-order chi connectivity index (χ1) is 6.21. The Morgan fingerprint density at radius 1 is 1.31 bits per heavy atom. The van der Waals surface area contributed by atoms with E-state index < -0.39 is 5.91 Å². The lowest BCUT2D eigenvalue weighted by atomic mass is 10.3. The predicted octanol–water partition coefficient (Wildman–Crippen LogP) is 0.293. The van der Waals surface area contributed by atoms with E-state index in [1.54, 1.807) is 0 Å². The number of hydrogen-bond donors (Lipinski definition) is 0. The molecule has 3 saturated heterocycles. The van der Waals surface area contributed by atoms with Crippen LogP contribution in [0.3, 0.4) is 0 Å². The zero-order valence-corrected chi connectivity index (χ0v) is 8.02. The second-order valence-corrected chi connectivity index (χ2v) is 3.59. The third-order valence-corrected chi connectivity index (χ3v) is 2.57. The maximum absolute atomic E-state index is 5.27. The van der Waals surface area contributed by atoms with E-state index in [2.05, 4.69) is 0 Å². The van der Waals surface area contributed by atoms with Gasteiger partial charge < -0.3 is 19.0 Å². The SMILES string of the molecule is S=C1OC2CCN3OC(=S)OC23O1. The van der Waals surface area contributed by atoms with Gasteiger partial charge in [-0.15, -0.1) is 0 Å². The summed E-state index contributed by atoms with van der Waals surface area (Å²) in [5, 5.41) is 1.67. The molecule has 3 aliphatic rings. The standard InChI is InChI=1S/C6H5NO4S2/c12-4-8-3-1-2-7-6(3,9-4)10-5(13)11-7/h3H,1-2H2. The second-order valence-electron chi connectivity index (χ2n) is 2.92. The number of hydroxylamine groups is 2. The Kier molecular flexibility index (Phi) is 1.32. The van der Waals surface area contributed by atoms with Gasteiger partial charge in [0.15, 0.2) is 0 Å². The summed E-state index contributed by atoms with van der Waals surface area (Å²) in [5.74, 6) is -1.03. The van der Waals surface area contributed by atoms with E-state index in [1.807, 2.05) is 0 Å². The van der Waals surface area contributed by atoms with Crippen molar-refractivity contribution < 1.29 is 19.0 Å². The Labute approximate surface area is 84.4 Å². The van der Waals surface area contributed by atoms with Crippen LogP contribution in [0.1, 0.15) is 6.42 Å². The number of hydrogen-bond acceptors (Lipinski definition) is 7. The van der Waals surface area contributed by atoms with Crippen LogP contribution in [-0.2, 0) is 19.0 Å². The molecule has 0 bridgehead atoms. The van der Waals surface area contributed by atoms with Gasteiger partial charge in [0.1, 0.15) is 0 Å². The molecule has 3 heterocycles. The van der Waals surface area contributed by atoms with E-state index in [9.17, 15) is 0 Å². The Morgan fingerprint density at radius 2 is 2.08 bits per heavy atom. The van der Waals surface area contributed by atoms with Gasteiger partial charge in [0, 0.05) is 37.4 Å². The average Bonchev–Trinajstić information content (AvgIpc) is 2.56. The van der Waals surface area contributed by atoms with Crippen LogP contribution in [0.25, 0.3) is 0 Å². The van der Waals surface area contributed by atoms with Gasteiger partial charge in [-0.2, -0.15) is 0 Å². The third kappa shape index (κ3) is 0.839. The van der Waals surface area contributed by atoms with Crippen molar-refractivity contribution in [2.75, 3.05) is 6.54 Å². The lowest BCUT2D eigenvalue weighted by molar-refractivity contribution is -0.252. The molecule has 3 fully saturated rings. The fraction of sp³-hybridized carbons (Fsp3) is 0.667. The molecule has 1 spiro atoms. The Hall–Kier alpha value is -0.660. The molecular weight excluding hydrogens is 214 g/mol. The van der Waals surface area contributed by atoms with Crippen LogP contribution in [0.5, 0.6) is 0 Å². The van der Waals surface area contributed by atoms with Gasteiger partial charge in [0.05, 0.1) is 0 Å². The minimum absolute atomic E-state index is 0.0537. The summed E-state index contributed by atoms with van der Waals surface area (Å²) in [6.07, 6.45) is 0.517. The molecule has 70 valence electrons. The average molecular weight is 219 g/mol. The molecule has 0 aliphatic carbocycles. The zero-order valence-electron chi connectivity index (χ0n) is 6.39. The van der Waals surface area contributed by atoms with Gasteiger partial charge in [0.25, 0.3) is 0 Å². The minimum Gasteiger partial charge on any atom is -0.443 e. The highest BCUT2D eigenvalue weighted by Gasteiger charge is 2.67. The summed E-state index contributed by atoms with van der Waals surface area (Å²) in [6, 6.07) is 0. The molecule has 0 N–H and O–H groups in total. The molecule has 0 saturated carbocycles. The summed E-state index contributed by atoms with van der Waals surface area (Å²) in [5.41, 5.74) is 0. The molecule has 0 aromatic heterocycles. The van der Waals surface area contributed by atoms with Crippen LogP contribution in [0.2, 0.25) is 0 Å². The van der Waals surface area contributed by atoms with E-state index in [0.717, 1.165) is 6.42 Å². The van der Waals surface area contributed by atoms with Crippen LogP contribution < -0.4 is 0 Å². The first-order valence-corrected chi connectivity index (χ1v) is 4.60. The number of rotatable bonds is 0. The highest BCUT2D eigenvalue weighted by atomic mass is 32.1. The van der Waals surface area contributed by atoms with E-state index in [1.165, 1.54) is 5.06 Å². The first-order valence-electron chi connectivity index (χ1n) is 3.79. The number of thiocarbonyl (C=S) groups is 2. The van der Waals surface area contributed by atoms with Gasteiger partial charge in [-0.25, -0.2) is 0 Å². The molecule has 0 aromatic carbocycles. The van der Waals surface area contributed by atoms with Crippen LogP contribution in [0.15, 0.2) is 0 Å². The topological polar surface area (TPSA) is 40.2 Å². The van der Waals surface area contributed by atoms with Gasteiger partial charge >= 0.3 is 16.4 Å². The molecule has 13 heavy (non-hydrogen) atoms. The maximum Gasteiger partial charge on any atom is 0.392 e. The molecular formula is C6H5NO4S2. The highest BCUT2D eigenvalue weighted by molar-refractivity contribution is 7.80. The second kappa shape index (κ2) is 2.23. The number of nitrogens with zero attached hydrogens (tertiary/aromatic N) is 1. The molecule has 2 unspecified atom stereocenters. The van der Waals surface area contributed by atoms with Crippen LogP contribution >= 0.6 is 24.4 Å². The summed E-state index contributed by atoms with van der Waals surface area (Å²) < 4.78 is 15.8. The molecule has 5 nitrogen and oxygen atoms in total. The first kappa shape index (κ1) is 7.72. The maximum atomic E-state index is 5.27. The normalized spacial score (nSPS) is 41.7. The van der Waals surface area contributed by atoms with E-state index in [-0.39, 0.29) is 16.6 Å². The van der Waals surface area contributed by atoms with E-state index >= 15 is 0 Å². The van der Waals surface area contributed by atoms with Gasteiger partial charge in [0.2, 0.25) is 6.10 Å². The van der Waals surface area contributed by atoms with Crippen molar-refractivity contribution in [1.29, 1.82) is 0 Å². The van der Waals surface area contributed by atoms with Crippen molar-refractivity contribution in [3.05, 3.63) is 0 Å². The lowest BCUT2D eigenvalue weighted by Gasteiger charge is -2.20. The van der Waals surface area contributed by atoms with Crippen LogP contribution in [-0.4, -0.2) is 34.1 Å². The van der Waals surface area contributed by atoms with Crippen molar-refractivity contribution in [1.82, 2.24) is 5.06 Å². The molecule has 7 heteroatoms. The molecule has 3 rings (SSSR count). The smallest absolute Gasteiger partial charge is 0.392 e. The largest absolute Gasteiger partial charge is 0.443 e. The molecule has 0 amide bonds. The highest BCUT2D eigenvalue weighted by Crippen LogP contribution is 2.43. The zero-order chi connectivity index (χ0) is 9.05. The quantitative estimate of drug-likeness (QED) is 0.542. The Bertz CT molecular complexity index is 277. The van der Waals surface area contributed by atoms with Crippen molar-refractivity contribution in [3.8, 4) is 0 Å². The fourth-order valence-corrected chi connectivity index (χ4v) is 2.16. The summed E-state index contributed by atoms with van der Waals surface area (Å²) in [7, 11) is 0. The van der Waals surface area contributed by atoms with Crippen molar-refractivity contribution in [2.24, 2.45) is 0 Å². The van der Waals surface area contributed by atoms with E-state index in [4.69, 9.17) is 43.5 Å². The van der Waals surface area contributed by atoms with E-state index in [0.29, 0.717) is 6.54 Å². The van der Waals surface area contributed by atoms with Crippen molar-refractivity contribution in [3.63, 3.8) is 0 Å². The fourth-order valence-electron chi connectivity index (χ4n) is 1.72. The van der Waals surface area contributed by atoms with Crippen LogP contribution in [0.4, 0.5) is 0 Å². The van der Waals surface area contributed by atoms with Gasteiger partial charge in [-0.3, -0.25) is 0 Å². The van der Waals surface area contributed by atoms with Gasteiger partial charge in [-0.05, 0) is 0 Å². The van der Waals surface area contributed by atoms with Gasteiger partial charge in [-0.1, -0.05) is 5.06 Å². The Balaban J connectivity index is 2.00. The lowest BCUT2D eigenvalue weighted by Crippen LogP contribution is -2.45. The summed E-state index contributed by atoms with van der Waals surface area (Å²) in [4.78, 5) is 5.12. The molecule has 3 aliphatic heterocycles. The monoisotopic (exact) mass is 219 g/mol. The molecule has 0 aromatic rings. The third-order valence-electron chi connectivity index (χ3n) is 2.23. The number of ether oxygens (including phenoxy) is 3. The summed E-state index contributed by atoms with van der Waals surface area (Å²) in [6.45, 7) is 0.660. The van der Waals surface area contributed by atoms with Crippen molar-refractivity contribution in [2.45, 2.75) is 18.4 Å². The van der Waals surface area contributed by atoms with Crippen LogP contribution in [0, 0.1) is 0 Å². The molecule has 0 radical (unpaired) electrons. The Morgan fingerprint density at radius 3 is 2.92 bits per heavy atom.